The van der Waals surface area contributed by atoms with E-state index in [9.17, 15) is 14.4 Å². The number of benzene rings is 1. The van der Waals surface area contributed by atoms with Crippen LogP contribution in [0.25, 0.3) is 0 Å². The number of hydrogen-bond donors (Lipinski definition) is 2. The van der Waals surface area contributed by atoms with E-state index in [0.29, 0.717) is 18.5 Å². The van der Waals surface area contributed by atoms with Crippen LogP contribution in [0.2, 0.25) is 0 Å². The van der Waals surface area contributed by atoms with Crippen molar-refractivity contribution in [3.05, 3.63) is 28.7 Å². The Balaban J connectivity index is 1.55. The van der Waals surface area contributed by atoms with Crippen molar-refractivity contribution in [2.75, 3.05) is 11.9 Å². The van der Waals surface area contributed by atoms with Gasteiger partial charge >= 0.3 is 5.97 Å². The number of amides is 2. The van der Waals surface area contributed by atoms with E-state index >= 15 is 0 Å². The summed E-state index contributed by atoms with van der Waals surface area (Å²) in [6.45, 7) is -0.330. The summed E-state index contributed by atoms with van der Waals surface area (Å²) in [5.74, 6) is -0.880. The zero-order valence-corrected chi connectivity index (χ0v) is 16.3. The molecule has 0 heterocycles. The van der Waals surface area contributed by atoms with E-state index in [1.165, 1.54) is 19.3 Å². The Morgan fingerprint density at radius 3 is 2.38 bits per heavy atom. The quantitative estimate of drug-likeness (QED) is 0.624. The van der Waals surface area contributed by atoms with Crippen LogP contribution in [0.3, 0.4) is 0 Å². The van der Waals surface area contributed by atoms with Crippen LogP contribution in [0.4, 0.5) is 5.69 Å². The largest absolute Gasteiger partial charge is 0.456 e. The summed E-state index contributed by atoms with van der Waals surface area (Å²) < 4.78 is 5.85. The molecule has 1 aliphatic carbocycles. The van der Waals surface area contributed by atoms with E-state index in [0.717, 1.165) is 17.3 Å². The summed E-state index contributed by atoms with van der Waals surface area (Å²) in [5.41, 5.74) is 0.633. The fourth-order valence-electron chi connectivity index (χ4n) is 2.89. The second-order valence-corrected chi connectivity index (χ2v) is 7.39. The number of halogens is 1. The molecule has 7 heteroatoms. The normalized spacial score (nSPS) is 14.5. The average molecular weight is 425 g/mol. The summed E-state index contributed by atoms with van der Waals surface area (Å²) in [4.78, 5) is 35.3. The van der Waals surface area contributed by atoms with Gasteiger partial charge < -0.3 is 15.4 Å². The van der Waals surface area contributed by atoms with Crippen LogP contribution in [0.5, 0.6) is 0 Å². The van der Waals surface area contributed by atoms with Crippen LogP contribution in [0.15, 0.2) is 28.7 Å². The number of hydrogen-bond acceptors (Lipinski definition) is 4. The van der Waals surface area contributed by atoms with Crippen LogP contribution < -0.4 is 10.6 Å². The van der Waals surface area contributed by atoms with Crippen molar-refractivity contribution in [2.45, 2.75) is 57.4 Å². The number of esters is 1. The van der Waals surface area contributed by atoms with Crippen molar-refractivity contribution in [3.8, 4) is 0 Å². The van der Waals surface area contributed by atoms with Crippen molar-refractivity contribution in [3.63, 3.8) is 0 Å². The maximum atomic E-state index is 11.9. The fraction of sp³-hybridized carbons (Fsp3) is 0.526. The number of rotatable bonds is 8. The van der Waals surface area contributed by atoms with Crippen molar-refractivity contribution in [1.29, 1.82) is 0 Å². The second-order valence-electron chi connectivity index (χ2n) is 6.47. The molecule has 0 atom stereocenters. The Morgan fingerprint density at radius 2 is 1.69 bits per heavy atom. The Bertz CT molecular complexity index is 612. The third kappa shape index (κ3) is 7.99. The zero-order valence-electron chi connectivity index (χ0n) is 14.8. The number of ether oxygens (including phenoxy) is 1. The monoisotopic (exact) mass is 424 g/mol. The maximum absolute atomic E-state index is 11.9. The molecule has 0 spiro atoms. The van der Waals surface area contributed by atoms with Gasteiger partial charge in [-0.1, -0.05) is 35.2 Å². The molecule has 2 N–H and O–H groups in total. The van der Waals surface area contributed by atoms with Crippen LogP contribution in [-0.2, 0) is 19.1 Å². The lowest BCUT2D eigenvalue weighted by atomic mass is 9.95. The number of nitrogens with one attached hydrogen (secondary N) is 2. The van der Waals surface area contributed by atoms with Crippen molar-refractivity contribution in [2.24, 2.45) is 0 Å². The van der Waals surface area contributed by atoms with Crippen LogP contribution in [0.1, 0.15) is 51.4 Å². The van der Waals surface area contributed by atoms with Gasteiger partial charge in [-0.2, -0.15) is 0 Å². The third-order valence-corrected chi connectivity index (χ3v) is 4.78. The Labute approximate surface area is 162 Å². The molecule has 0 aliphatic heterocycles. The predicted molar refractivity (Wildman–Crippen MR) is 103 cm³/mol. The zero-order chi connectivity index (χ0) is 18.8. The lowest BCUT2D eigenvalue weighted by Gasteiger charge is -2.22. The van der Waals surface area contributed by atoms with Crippen LogP contribution in [-0.4, -0.2) is 30.4 Å². The van der Waals surface area contributed by atoms with Crippen molar-refractivity contribution in [1.82, 2.24) is 5.32 Å². The van der Waals surface area contributed by atoms with Gasteiger partial charge in [0.25, 0.3) is 5.91 Å². The lowest BCUT2D eigenvalue weighted by Crippen LogP contribution is -2.36. The predicted octanol–water partition coefficient (Wildman–Crippen LogP) is 3.55. The first-order chi connectivity index (χ1) is 12.5. The smallest absolute Gasteiger partial charge is 0.306 e. The lowest BCUT2D eigenvalue weighted by molar-refractivity contribution is -0.147. The number of carbonyl (C=O) groups excluding carboxylic acids is 3. The summed E-state index contributed by atoms with van der Waals surface area (Å²) in [7, 11) is 0. The molecule has 2 rings (SSSR count). The highest BCUT2D eigenvalue weighted by molar-refractivity contribution is 9.10. The SMILES string of the molecule is O=C(COC(=O)CCCC(=O)NC1CCCCC1)Nc1ccc(Br)cc1. The number of carbonyl (C=O) groups is 3. The Hall–Kier alpha value is -1.89. The van der Waals surface area contributed by atoms with Gasteiger partial charge in [0.15, 0.2) is 6.61 Å². The van der Waals surface area contributed by atoms with Gasteiger partial charge in [0, 0.05) is 29.0 Å². The summed E-state index contributed by atoms with van der Waals surface area (Å²) in [6.07, 6.45) is 6.52. The Kier molecular flexibility index (Phi) is 8.61. The molecule has 0 unspecified atom stereocenters. The molecule has 1 aromatic carbocycles. The van der Waals surface area contributed by atoms with E-state index < -0.39 is 11.9 Å². The third-order valence-electron chi connectivity index (χ3n) is 4.25. The molecule has 0 radical (unpaired) electrons. The van der Waals surface area contributed by atoms with Gasteiger partial charge in [-0.15, -0.1) is 0 Å². The van der Waals surface area contributed by atoms with Gasteiger partial charge in [0.1, 0.15) is 0 Å². The summed E-state index contributed by atoms with van der Waals surface area (Å²) in [5, 5.41) is 5.66. The fourth-order valence-corrected chi connectivity index (χ4v) is 3.15. The van der Waals surface area contributed by atoms with Gasteiger partial charge in [0.05, 0.1) is 0 Å². The van der Waals surface area contributed by atoms with Crippen LogP contribution in [0, 0.1) is 0 Å². The first-order valence-electron chi connectivity index (χ1n) is 9.03. The van der Waals surface area contributed by atoms with Crippen LogP contribution >= 0.6 is 15.9 Å². The molecule has 1 saturated carbocycles. The minimum atomic E-state index is -0.471. The molecule has 1 fully saturated rings. The van der Waals surface area contributed by atoms with E-state index in [1.807, 2.05) is 0 Å². The minimum Gasteiger partial charge on any atom is -0.456 e. The maximum Gasteiger partial charge on any atom is 0.306 e. The molecule has 0 saturated heterocycles. The standard InChI is InChI=1S/C19H25BrN2O4/c20-14-9-11-16(12-10-14)22-18(24)13-26-19(25)8-4-7-17(23)21-15-5-2-1-3-6-15/h9-12,15H,1-8,13H2,(H,21,23)(H,22,24). The highest BCUT2D eigenvalue weighted by Gasteiger charge is 2.16. The van der Waals surface area contributed by atoms with Gasteiger partial charge in [-0.25, -0.2) is 0 Å². The molecule has 26 heavy (non-hydrogen) atoms. The molecular formula is C19H25BrN2O4. The van der Waals surface area contributed by atoms with E-state index in [1.54, 1.807) is 24.3 Å². The topological polar surface area (TPSA) is 84.5 Å². The average Bonchev–Trinajstić information content (AvgIpc) is 2.63. The first-order valence-corrected chi connectivity index (χ1v) is 9.82. The molecule has 6 nitrogen and oxygen atoms in total. The summed E-state index contributed by atoms with van der Waals surface area (Å²) >= 11 is 3.31. The minimum absolute atomic E-state index is 0.0160. The highest BCUT2D eigenvalue weighted by Crippen LogP contribution is 2.17. The van der Waals surface area contributed by atoms with Gasteiger partial charge in [-0.3, -0.25) is 14.4 Å². The molecule has 1 aliphatic rings. The second kappa shape index (κ2) is 11.0. The number of anilines is 1. The molecule has 0 aromatic heterocycles. The van der Waals surface area contributed by atoms with Crippen molar-refractivity contribution < 1.29 is 19.1 Å². The van der Waals surface area contributed by atoms with E-state index in [2.05, 4.69) is 26.6 Å². The summed E-state index contributed by atoms with van der Waals surface area (Å²) in [6, 6.07) is 7.38. The molecular weight excluding hydrogens is 400 g/mol. The van der Waals surface area contributed by atoms with Gasteiger partial charge in [0.2, 0.25) is 5.91 Å². The molecule has 2 amide bonds. The molecule has 1 aromatic rings. The first kappa shape index (κ1) is 20.4. The van der Waals surface area contributed by atoms with Crippen molar-refractivity contribution >= 4 is 39.4 Å². The highest BCUT2D eigenvalue weighted by atomic mass is 79.9. The van der Waals surface area contributed by atoms with E-state index in [4.69, 9.17) is 4.74 Å². The molecule has 0 bridgehead atoms. The van der Waals surface area contributed by atoms with Gasteiger partial charge in [-0.05, 0) is 43.5 Å². The Morgan fingerprint density at radius 1 is 1.00 bits per heavy atom. The molecule has 142 valence electrons. The van der Waals surface area contributed by atoms with E-state index in [-0.39, 0.29) is 25.0 Å².